The Balaban J connectivity index is 1.29. The normalized spacial score (nSPS) is 28.1. The molecule has 5 rings (SSSR count). The number of urea groups is 1. The Bertz CT molecular complexity index is 1100. The summed E-state index contributed by atoms with van der Waals surface area (Å²) in [6, 6.07) is 17.6. The molecule has 3 fully saturated rings. The minimum absolute atomic E-state index is 0.0911. The number of rotatable bonds is 6. The lowest BCUT2D eigenvalue weighted by atomic mass is 9.80. The van der Waals surface area contributed by atoms with Gasteiger partial charge in [-0.15, -0.1) is 0 Å². The molecule has 1 saturated heterocycles. The zero-order valence-electron chi connectivity index (χ0n) is 19.3. The molecule has 1 aliphatic heterocycles. The fraction of sp³-hybridized carbons (Fsp3) is 0.481. The van der Waals surface area contributed by atoms with E-state index in [9.17, 15) is 15.2 Å². The van der Waals surface area contributed by atoms with Crippen molar-refractivity contribution in [2.45, 2.75) is 49.7 Å². The van der Waals surface area contributed by atoms with Crippen LogP contribution in [0.2, 0.25) is 5.02 Å². The van der Waals surface area contributed by atoms with Crippen LogP contribution in [0.3, 0.4) is 0 Å². The van der Waals surface area contributed by atoms with E-state index in [0.29, 0.717) is 29.7 Å². The summed E-state index contributed by atoms with van der Waals surface area (Å²) < 4.78 is 0. The van der Waals surface area contributed by atoms with Gasteiger partial charge in [-0.05, 0) is 79.3 Å². The number of nitrogens with one attached hydrogen (secondary N) is 1. The topological polar surface area (TPSA) is 79.6 Å². The maximum absolute atomic E-state index is 13.4. The van der Waals surface area contributed by atoms with Crippen LogP contribution in [0.1, 0.15) is 43.2 Å². The van der Waals surface area contributed by atoms with Gasteiger partial charge in [0.25, 0.3) is 0 Å². The van der Waals surface area contributed by atoms with Gasteiger partial charge in [0.15, 0.2) is 0 Å². The third kappa shape index (κ3) is 4.79. The smallest absolute Gasteiger partial charge is 0.322 e. The van der Waals surface area contributed by atoms with Crippen molar-refractivity contribution in [3.63, 3.8) is 0 Å². The minimum Gasteiger partial charge on any atom is -0.392 e. The number of fused-ring (bicyclic) bond motifs is 1. The summed E-state index contributed by atoms with van der Waals surface area (Å²) in [4.78, 5) is 17.7. The summed E-state index contributed by atoms with van der Waals surface area (Å²) in [7, 11) is 0. The highest BCUT2D eigenvalue weighted by molar-refractivity contribution is 6.30. The number of amides is 2. The van der Waals surface area contributed by atoms with Crippen LogP contribution in [0.15, 0.2) is 48.5 Å². The molecule has 1 unspecified atom stereocenters. The number of aliphatic hydroxyl groups excluding tert-OH is 1. The van der Waals surface area contributed by atoms with Crippen molar-refractivity contribution in [3.8, 4) is 6.07 Å². The van der Waals surface area contributed by atoms with Gasteiger partial charge in [-0.1, -0.05) is 29.8 Å². The number of nitriles is 1. The van der Waals surface area contributed by atoms with Crippen LogP contribution in [0, 0.1) is 17.2 Å². The zero-order valence-corrected chi connectivity index (χ0v) is 20.0. The number of hydrogen-bond acceptors (Lipinski definition) is 4. The number of anilines is 1. The molecule has 2 saturated carbocycles. The summed E-state index contributed by atoms with van der Waals surface area (Å²) in [6.45, 7) is 2.94. The molecule has 2 aliphatic carbocycles. The highest BCUT2D eigenvalue weighted by atomic mass is 35.5. The van der Waals surface area contributed by atoms with E-state index in [2.05, 4.69) is 22.4 Å². The van der Waals surface area contributed by atoms with Crippen molar-refractivity contribution in [2.75, 3.05) is 31.5 Å². The molecule has 0 aromatic heterocycles. The molecule has 0 radical (unpaired) electrons. The van der Waals surface area contributed by atoms with Crippen molar-refractivity contribution in [2.24, 2.45) is 5.92 Å². The second kappa shape index (κ2) is 9.58. The van der Waals surface area contributed by atoms with Crippen molar-refractivity contribution >= 4 is 23.3 Å². The van der Waals surface area contributed by atoms with Crippen LogP contribution in [0.4, 0.5) is 10.5 Å². The van der Waals surface area contributed by atoms with Gasteiger partial charge in [-0.2, -0.15) is 5.26 Å². The largest absolute Gasteiger partial charge is 0.392 e. The van der Waals surface area contributed by atoms with Gasteiger partial charge in [0, 0.05) is 42.9 Å². The van der Waals surface area contributed by atoms with E-state index in [1.54, 1.807) is 12.1 Å². The van der Waals surface area contributed by atoms with E-state index >= 15 is 0 Å². The van der Waals surface area contributed by atoms with Crippen LogP contribution in [-0.2, 0) is 5.41 Å². The number of nitrogens with zero attached hydrogens (tertiary/aromatic N) is 3. The van der Waals surface area contributed by atoms with Gasteiger partial charge in [0.05, 0.1) is 17.7 Å². The van der Waals surface area contributed by atoms with Gasteiger partial charge >= 0.3 is 6.03 Å². The first kappa shape index (κ1) is 23.2. The van der Waals surface area contributed by atoms with Crippen LogP contribution in [0.25, 0.3) is 0 Å². The molecule has 2 aromatic carbocycles. The summed E-state index contributed by atoms with van der Waals surface area (Å²) in [5.41, 5.74) is 2.85. The Hall–Kier alpha value is -2.59. The number of halogens is 1. The Labute approximate surface area is 206 Å². The van der Waals surface area contributed by atoms with Crippen LogP contribution < -0.4 is 5.32 Å². The summed E-state index contributed by atoms with van der Waals surface area (Å²) in [5, 5.41) is 22.8. The Morgan fingerprint density at radius 2 is 2.12 bits per heavy atom. The fourth-order valence-electron chi connectivity index (χ4n) is 6.02. The first-order valence-corrected chi connectivity index (χ1v) is 12.6. The quantitative estimate of drug-likeness (QED) is 0.634. The first-order chi connectivity index (χ1) is 16.5. The minimum atomic E-state index is -0.264. The molecule has 0 bridgehead atoms. The monoisotopic (exact) mass is 478 g/mol. The molecule has 1 heterocycles. The number of carbonyl (C=O) groups excluding carboxylic acids is 1. The third-order valence-corrected chi connectivity index (χ3v) is 8.20. The molecular weight excluding hydrogens is 448 g/mol. The van der Waals surface area contributed by atoms with Gasteiger partial charge in [-0.3, -0.25) is 4.90 Å². The average Bonchev–Trinajstić information content (AvgIpc) is 3.44. The van der Waals surface area contributed by atoms with Crippen molar-refractivity contribution in [1.29, 1.82) is 5.26 Å². The van der Waals surface area contributed by atoms with Crippen molar-refractivity contribution in [1.82, 2.24) is 9.80 Å². The number of aliphatic hydroxyl groups is 1. The lowest BCUT2D eigenvalue weighted by molar-refractivity contribution is 0.142. The molecule has 34 heavy (non-hydrogen) atoms. The fourth-order valence-corrected chi connectivity index (χ4v) is 6.21. The number of β-amino-alcohol motifs (C(OH)–C–C–N with tert-alkyl or cyclic N) is 1. The van der Waals surface area contributed by atoms with E-state index in [1.165, 1.54) is 5.56 Å². The molecule has 2 amide bonds. The predicted molar refractivity (Wildman–Crippen MR) is 133 cm³/mol. The SMILES string of the molecule is N#Cc1cccc([C@]23CC[C@@H](N(CCN4CC[C@@H](O)C4)C(=O)Nc4cccc(Cl)c4)CC2C3)c1. The second-order valence-corrected chi connectivity index (χ2v) is 10.5. The average molecular weight is 479 g/mol. The molecule has 7 heteroatoms. The number of carbonyl (C=O) groups is 1. The Morgan fingerprint density at radius 1 is 1.26 bits per heavy atom. The maximum Gasteiger partial charge on any atom is 0.322 e. The van der Waals surface area contributed by atoms with Crippen LogP contribution in [-0.4, -0.2) is 59.3 Å². The number of benzene rings is 2. The summed E-state index contributed by atoms with van der Waals surface area (Å²) >= 11 is 6.12. The number of hydrogen-bond donors (Lipinski definition) is 2. The Kier molecular flexibility index (Phi) is 6.52. The highest BCUT2D eigenvalue weighted by Gasteiger charge is 2.58. The molecule has 178 valence electrons. The molecule has 2 N–H and O–H groups in total. The van der Waals surface area contributed by atoms with Crippen molar-refractivity contribution in [3.05, 3.63) is 64.7 Å². The summed E-state index contributed by atoms with van der Waals surface area (Å²) in [6.07, 6.45) is 4.60. The highest BCUT2D eigenvalue weighted by Crippen LogP contribution is 2.62. The standard InChI is InChI=1S/C27H31ClN4O2/c28-22-5-2-6-23(15-22)30-26(34)32(12-11-31-10-8-25(33)18-31)24-7-9-27(16-21(27)14-24)20-4-1-3-19(13-20)17-29/h1-6,13,15,21,24-25,33H,7-12,14,16,18H2,(H,30,34)/t21?,24-,25-,27-/m1/s1. The summed E-state index contributed by atoms with van der Waals surface area (Å²) in [5.74, 6) is 0.537. The molecule has 0 spiro atoms. The van der Waals surface area contributed by atoms with E-state index in [4.69, 9.17) is 11.6 Å². The van der Waals surface area contributed by atoms with Gasteiger partial charge < -0.3 is 15.3 Å². The maximum atomic E-state index is 13.4. The first-order valence-electron chi connectivity index (χ1n) is 12.2. The van der Waals surface area contributed by atoms with Crippen molar-refractivity contribution < 1.29 is 9.90 Å². The van der Waals surface area contributed by atoms with Crippen LogP contribution >= 0.6 is 11.6 Å². The zero-order chi connectivity index (χ0) is 23.7. The third-order valence-electron chi connectivity index (χ3n) is 7.96. The van der Waals surface area contributed by atoms with E-state index in [1.807, 2.05) is 35.2 Å². The van der Waals surface area contributed by atoms with Gasteiger partial charge in [-0.25, -0.2) is 4.79 Å². The van der Waals surface area contributed by atoms with Gasteiger partial charge in [0.1, 0.15) is 0 Å². The molecular formula is C27H31ClN4O2. The molecule has 6 nitrogen and oxygen atoms in total. The van der Waals surface area contributed by atoms with Gasteiger partial charge in [0.2, 0.25) is 0 Å². The predicted octanol–water partition coefficient (Wildman–Crippen LogP) is 4.62. The lowest BCUT2D eigenvalue weighted by Crippen LogP contribution is -2.48. The molecule has 4 atom stereocenters. The van der Waals surface area contributed by atoms with Crippen LogP contribution in [0.5, 0.6) is 0 Å². The number of likely N-dealkylation sites (tertiary alicyclic amines) is 1. The second-order valence-electron chi connectivity index (χ2n) is 10.1. The Morgan fingerprint density at radius 3 is 2.85 bits per heavy atom. The van der Waals surface area contributed by atoms with E-state index < -0.39 is 0 Å². The molecule has 2 aromatic rings. The molecule has 3 aliphatic rings. The van der Waals surface area contributed by atoms with E-state index in [0.717, 1.165) is 50.8 Å². The van der Waals surface area contributed by atoms with E-state index in [-0.39, 0.29) is 23.6 Å². The lowest BCUT2D eigenvalue weighted by Gasteiger charge is -2.37.